The fourth-order valence-electron chi connectivity index (χ4n) is 1.85. The molecule has 0 radical (unpaired) electrons. The van der Waals surface area contributed by atoms with Gasteiger partial charge in [0.05, 0.1) is 6.61 Å². The van der Waals surface area contributed by atoms with Crippen molar-refractivity contribution >= 4 is 17.5 Å². The molecule has 0 atom stereocenters. The van der Waals surface area contributed by atoms with E-state index in [-0.39, 0.29) is 6.54 Å². The van der Waals surface area contributed by atoms with Crippen LogP contribution in [0.25, 0.3) is 0 Å². The minimum Gasteiger partial charge on any atom is -0.494 e. The molecule has 0 saturated carbocycles. The van der Waals surface area contributed by atoms with Gasteiger partial charge < -0.3 is 15.4 Å². The first-order valence-electron chi connectivity index (χ1n) is 7.15. The van der Waals surface area contributed by atoms with Crippen LogP contribution in [0, 0.1) is 5.82 Å². The van der Waals surface area contributed by atoms with Crippen molar-refractivity contribution in [2.45, 2.75) is 13.5 Å². The molecule has 23 heavy (non-hydrogen) atoms. The number of halogens is 1. The molecule has 0 aromatic heterocycles. The van der Waals surface area contributed by atoms with E-state index in [1.54, 1.807) is 12.1 Å². The third-order valence-electron chi connectivity index (χ3n) is 3.00. The maximum Gasteiger partial charge on any atom is 0.313 e. The van der Waals surface area contributed by atoms with Gasteiger partial charge >= 0.3 is 11.8 Å². The summed E-state index contributed by atoms with van der Waals surface area (Å²) in [6.45, 7) is 2.70. The molecule has 0 aliphatic carbocycles. The van der Waals surface area contributed by atoms with Crippen molar-refractivity contribution in [2.24, 2.45) is 0 Å². The summed E-state index contributed by atoms with van der Waals surface area (Å²) in [6.07, 6.45) is 0. The molecule has 5 nitrogen and oxygen atoms in total. The van der Waals surface area contributed by atoms with Crippen molar-refractivity contribution in [3.05, 3.63) is 59.9 Å². The lowest BCUT2D eigenvalue weighted by atomic mass is 10.2. The van der Waals surface area contributed by atoms with Gasteiger partial charge in [-0.1, -0.05) is 12.1 Å². The van der Waals surface area contributed by atoms with Gasteiger partial charge in [0, 0.05) is 12.2 Å². The maximum atomic E-state index is 12.8. The second-order valence-corrected chi connectivity index (χ2v) is 4.72. The molecule has 6 heteroatoms. The number of anilines is 1. The zero-order valence-electron chi connectivity index (χ0n) is 12.6. The van der Waals surface area contributed by atoms with Crippen LogP contribution < -0.4 is 15.4 Å². The van der Waals surface area contributed by atoms with Crippen molar-refractivity contribution in [1.29, 1.82) is 0 Å². The highest BCUT2D eigenvalue weighted by Gasteiger charge is 2.13. The molecule has 2 N–H and O–H groups in total. The number of nitrogens with one attached hydrogen (secondary N) is 2. The van der Waals surface area contributed by atoms with Crippen LogP contribution in [0.15, 0.2) is 48.5 Å². The van der Waals surface area contributed by atoms with Crippen LogP contribution in [-0.4, -0.2) is 18.4 Å². The van der Waals surface area contributed by atoms with E-state index < -0.39 is 17.6 Å². The summed E-state index contributed by atoms with van der Waals surface area (Å²) >= 11 is 0. The highest BCUT2D eigenvalue weighted by atomic mass is 19.1. The quantitative estimate of drug-likeness (QED) is 0.833. The molecule has 2 aromatic carbocycles. The summed E-state index contributed by atoms with van der Waals surface area (Å²) in [4.78, 5) is 23.5. The molecule has 2 aromatic rings. The Morgan fingerprint density at radius 3 is 2.26 bits per heavy atom. The van der Waals surface area contributed by atoms with Gasteiger partial charge in [-0.25, -0.2) is 4.39 Å². The second kappa shape index (κ2) is 7.93. The Labute approximate surface area is 133 Å². The van der Waals surface area contributed by atoms with Crippen LogP contribution in [0.4, 0.5) is 10.1 Å². The molecule has 0 saturated heterocycles. The number of ether oxygens (including phenoxy) is 1. The van der Waals surface area contributed by atoms with Gasteiger partial charge in [-0.05, 0) is 48.9 Å². The molecule has 0 unspecified atom stereocenters. The third-order valence-corrected chi connectivity index (χ3v) is 3.00. The van der Waals surface area contributed by atoms with Gasteiger partial charge in [-0.2, -0.15) is 0 Å². The van der Waals surface area contributed by atoms with E-state index in [9.17, 15) is 14.0 Å². The Balaban J connectivity index is 1.83. The number of benzene rings is 2. The van der Waals surface area contributed by atoms with Crippen molar-refractivity contribution < 1.29 is 18.7 Å². The molecule has 0 spiro atoms. The van der Waals surface area contributed by atoms with Crippen LogP contribution in [0.5, 0.6) is 5.75 Å². The van der Waals surface area contributed by atoms with Crippen molar-refractivity contribution in [3.8, 4) is 5.75 Å². The van der Waals surface area contributed by atoms with Crippen molar-refractivity contribution in [2.75, 3.05) is 11.9 Å². The predicted octanol–water partition coefficient (Wildman–Crippen LogP) is 2.48. The first-order valence-corrected chi connectivity index (χ1v) is 7.15. The number of hydrogen-bond acceptors (Lipinski definition) is 3. The average Bonchev–Trinajstić information content (AvgIpc) is 2.56. The van der Waals surface area contributed by atoms with Crippen LogP contribution >= 0.6 is 0 Å². The lowest BCUT2D eigenvalue weighted by Crippen LogP contribution is -2.34. The Morgan fingerprint density at radius 2 is 1.65 bits per heavy atom. The van der Waals surface area contributed by atoms with E-state index in [4.69, 9.17) is 4.74 Å². The smallest absolute Gasteiger partial charge is 0.313 e. The molecule has 0 bridgehead atoms. The van der Waals surface area contributed by atoms with Gasteiger partial charge in [0.15, 0.2) is 0 Å². The maximum absolute atomic E-state index is 12.8. The second-order valence-electron chi connectivity index (χ2n) is 4.72. The van der Waals surface area contributed by atoms with Crippen LogP contribution in [-0.2, 0) is 16.1 Å². The van der Waals surface area contributed by atoms with Gasteiger partial charge in [0.1, 0.15) is 11.6 Å². The molecular formula is C17H17FN2O3. The van der Waals surface area contributed by atoms with E-state index in [0.717, 1.165) is 11.3 Å². The molecule has 0 aliphatic rings. The summed E-state index contributed by atoms with van der Waals surface area (Å²) in [7, 11) is 0. The summed E-state index contributed by atoms with van der Waals surface area (Å²) < 4.78 is 18.1. The molecule has 0 heterocycles. The third kappa shape index (κ3) is 5.10. The fourth-order valence-corrected chi connectivity index (χ4v) is 1.85. The number of rotatable bonds is 5. The monoisotopic (exact) mass is 316 g/mol. The van der Waals surface area contributed by atoms with Gasteiger partial charge in [-0.15, -0.1) is 0 Å². The summed E-state index contributed by atoms with van der Waals surface area (Å²) in [6, 6.07) is 12.4. The topological polar surface area (TPSA) is 67.4 Å². The molecular weight excluding hydrogens is 299 g/mol. The van der Waals surface area contributed by atoms with Gasteiger partial charge in [0.2, 0.25) is 0 Å². The van der Waals surface area contributed by atoms with Crippen LogP contribution in [0.2, 0.25) is 0 Å². The lowest BCUT2D eigenvalue weighted by molar-refractivity contribution is -0.136. The van der Waals surface area contributed by atoms with Crippen LogP contribution in [0.1, 0.15) is 12.5 Å². The van der Waals surface area contributed by atoms with E-state index in [1.165, 1.54) is 24.3 Å². The highest BCUT2D eigenvalue weighted by molar-refractivity contribution is 6.39. The zero-order valence-corrected chi connectivity index (χ0v) is 12.6. The van der Waals surface area contributed by atoms with E-state index in [0.29, 0.717) is 12.3 Å². The normalized spacial score (nSPS) is 10.0. The first kappa shape index (κ1) is 16.5. The Bertz CT molecular complexity index is 669. The van der Waals surface area contributed by atoms with E-state index in [2.05, 4.69) is 10.6 Å². The number of hydrogen-bond donors (Lipinski definition) is 2. The van der Waals surface area contributed by atoms with Crippen molar-refractivity contribution in [1.82, 2.24) is 5.32 Å². The minimum absolute atomic E-state index is 0.224. The van der Waals surface area contributed by atoms with E-state index >= 15 is 0 Å². The summed E-state index contributed by atoms with van der Waals surface area (Å²) in [5, 5.41) is 4.91. The molecule has 2 amide bonds. The standard InChI is InChI=1S/C17H17FN2O3/c1-2-23-15-9-3-12(4-10-15)11-19-16(21)17(22)20-14-7-5-13(18)6-8-14/h3-10H,2,11H2,1H3,(H,19,21)(H,20,22). The highest BCUT2D eigenvalue weighted by Crippen LogP contribution is 2.12. The number of carbonyl (C=O) groups is 2. The summed E-state index contributed by atoms with van der Waals surface area (Å²) in [5.74, 6) is -1.23. The number of carbonyl (C=O) groups excluding carboxylic acids is 2. The molecule has 2 rings (SSSR count). The Hall–Kier alpha value is -2.89. The average molecular weight is 316 g/mol. The molecule has 120 valence electrons. The Morgan fingerprint density at radius 1 is 1.00 bits per heavy atom. The summed E-state index contributed by atoms with van der Waals surface area (Å²) in [5.41, 5.74) is 1.20. The minimum atomic E-state index is -0.803. The van der Waals surface area contributed by atoms with E-state index in [1.807, 2.05) is 19.1 Å². The largest absolute Gasteiger partial charge is 0.494 e. The number of amides is 2. The van der Waals surface area contributed by atoms with Crippen molar-refractivity contribution in [3.63, 3.8) is 0 Å². The SMILES string of the molecule is CCOc1ccc(CNC(=O)C(=O)Nc2ccc(F)cc2)cc1. The predicted molar refractivity (Wildman–Crippen MR) is 84.5 cm³/mol. The van der Waals surface area contributed by atoms with Crippen LogP contribution in [0.3, 0.4) is 0 Å². The Kier molecular flexibility index (Phi) is 5.68. The fraction of sp³-hybridized carbons (Fsp3) is 0.176. The van der Waals surface area contributed by atoms with Gasteiger partial charge in [0.25, 0.3) is 0 Å². The molecule has 0 fully saturated rings. The first-order chi connectivity index (χ1) is 11.1. The molecule has 0 aliphatic heterocycles. The van der Waals surface area contributed by atoms with Gasteiger partial charge in [-0.3, -0.25) is 9.59 Å². The zero-order chi connectivity index (χ0) is 16.7. The lowest BCUT2D eigenvalue weighted by Gasteiger charge is -2.08.